The van der Waals surface area contributed by atoms with Crippen molar-refractivity contribution in [3.8, 4) is 0 Å². The van der Waals surface area contributed by atoms with Crippen molar-refractivity contribution in [1.29, 1.82) is 0 Å². The zero-order chi connectivity index (χ0) is 8.93. The average molecular weight is 167 g/mol. The molecule has 1 heterocycles. The summed E-state index contributed by atoms with van der Waals surface area (Å²) in [6.07, 6.45) is 0.958. The zero-order valence-electron chi connectivity index (χ0n) is 7.13. The molecular formula is C8H13N3O. The second-order valence-corrected chi connectivity index (χ2v) is 3.75. The van der Waals surface area contributed by atoms with Crippen molar-refractivity contribution in [3.05, 3.63) is 12.2 Å². The monoisotopic (exact) mass is 167 g/mol. The van der Waals surface area contributed by atoms with Crippen molar-refractivity contribution in [3.63, 3.8) is 0 Å². The molecule has 0 aromatic heterocycles. The number of amides is 1. The van der Waals surface area contributed by atoms with Gasteiger partial charge in [0.15, 0.2) is 0 Å². The Morgan fingerprint density at radius 2 is 2.58 bits per heavy atom. The summed E-state index contributed by atoms with van der Waals surface area (Å²) < 4.78 is 0. The number of carbonyl (C=O) groups is 1. The minimum atomic E-state index is 0.0451. The summed E-state index contributed by atoms with van der Waals surface area (Å²) in [6, 6.07) is 0. The van der Waals surface area contributed by atoms with E-state index in [0.29, 0.717) is 6.54 Å². The highest BCUT2D eigenvalue weighted by atomic mass is 16.2. The number of hydrogen-bond donors (Lipinski definition) is 2. The number of piperidine rings is 1. The van der Waals surface area contributed by atoms with Gasteiger partial charge in [0.2, 0.25) is 5.91 Å². The molecule has 2 unspecified atom stereocenters. The third-order valence-electron chi connectivity index (χ3n) is 3.09. The Morgan fingerprint density at radius 1 is 1.92 bits per heavy atom. The van der Waals surface area contributed by atoms with E-state index in [2.05, 4.69) is 12.1 Å². The molecule has 12 heavy (non-hydrogen) atoms. The molecule has 1 aliphatic carbocycles. The van der Waals surface area contributed by atoms with Gasteiger partial charge in [0.05, 0.1) is 5.92 Å². The van der Waals surface area contributed by atoms with Crippen LogP contribution in [-0.2, 0) is 4.79 Å². The third kappa shape index (κ3) is 0.711. The predicted octanol–water partition coefficient (Wildman–Crippen LogP) is -0.211. The van der Waals surface area contributed by atoms with Crippen LogP contribution in [0.5, 0.6) is 0 Å². The summed E-state index contributed by atoms with van der Waals surface area (Å²) in [5.74, 6) is 5.45. The summed E-state index contributed by atoms with van der Waals surface area (Å²) in [4.78, 5) is 11.4. The van der Waals surface area contributed by atoms with Gasteiger partial charge in [-0.3, -0.25) is 15.6 Å². The molecule has 1 saturated carbocycles. The van der Waals surface area contributed by atoms with Gasteiger partial charge in [-0.05, 0) is 13.3 Å². The molecule has 0 radical (unpaired) electrons. The lowest BCUT2D eigenvalue weighted by molar-refractivity contribution is -0.132. The van der Waals surface area contributed by atoms with E-state index < -0.39 is 0 Å². The molecule has 4 nitrogen and oxygen atoms in total. The fourth-order valence-corrected chi connectivity index (χ4v) is 2.07. The molecule has 3 N–H and O–H groups in total. The van der Waals surface area contributed by atoms with E-state index in [1.807, 2.05) is 6.92 Å². The van der Waals surface area contributed by atoms with Crippen molar-refractivity contribution in [2.75, 3.05) is 6.54 Å². The number of nitrogens with one attached hydrogen (secondary N) is 1. The highest BCUT2D eigenvalue weighted by Gasteiger charge is 2.65. The molecule has 0 spiro atoms. The van der Waals surface area contributed by atoms with Crippen LogP contribution >= 0.6 is 0 Å². The molecule has 2 rings (SSSR count). The first-order chi connectivity index (χ1) is 5.62. The van der Waals surface area contributed by atoms with Crippen LogP contribution in [0.25, 0.3) is 0 Å². The molecule has 1 saturated heterocycles. The SMILES string of the molecule is C=C(C)C12CC1C(=O)N(NN)C2. The number of nitrogens with two attached hydrogens (primary N) is 1. The fourth-order valence-electron chi connectivity index (χ4n) is 2.07. The van der Waals surface area contributed by atoms with Crippen LogP contribution in [0.2, 0.25) is 0 Å². The Bertz CT molecular complexity index is 263. The van der Waals surface area contributed by atoms with Gasteiger partial charge in [-0.1, -0.05) is 12.2 Å². The lowest BCUT2D eigenvalue weighted by Crippen LogP contribution is -2.46. The average Bonchev–Trinajstić information content (AvgIpc) is 2.69. The number of carbonyl (C=O) groups excluding carboxylic acids is 1. The normalized spacial score (nSPS) is 38.3. The predicted molar refractivity (Wildman–Crippen MR) is 44.4 cm³/mol. The van der Waals surface area contributed by atoms with Gasteiger partial charge in [-0.25, -0.2) is 0 Å². The largest absolute Gasteiger partial charge is 0.273 e. The van der Waals surface area contributed by atoms with E-state index in [4.69, 9.17) is 5.84 Å². The smallest absolute Gasteiger partial charge is 0.241 e. The van der Waals surface area contributed by atoms with Crippen molar-refractivity contribution in [1.82, 2.24) is 10.5 Å². The molecular weight excluding hydrogens is 154 g/mol. The van der Waals surface area contributed by atoms with Gasteiger partial charge in [-0.2, -0.15) is 5.53 Å². The van der Waals surface area contributed by atoms with E-state index in [1.54, 1.807) is 0 Å². The highest BCUT2D eigenvalue weighted by Crippen LogP contribution is 2.61. The summed E-state index contributed by atoms with van der Waals surface area (Å²) in [5.41, 5.74) is 3.54. The van der Waals surface area contributed by atoms with E-state index >= 15 is 0 Å². The molecule has 1 aliphatic heterocycles. The van der Waals surface area contributed by atoms with Gasteiger partial charge in [0.1, 0.15) is 0 Å². The van der Waals surface area contributed by atoms with E-state index in [9.17, 15) is 4.79 Å². The second kappa shape index (κ2) is 2.08. The van der Waals surface area contributed by atoms with E-state index in [1.165, 1.54) is 5.01 Å². The first-order valence-corrected chi connectivity index (χ1v) is 4.05. The van der Waals surface area contributed by atoms with Crippen LogP contribution in [0, 0.1) is 11.3 Å². The summed E-state index contributed by atoms with van der Waals surface area (Å²) in [6.45, 7) is 6.57. The van der Waals surface area contributed by atoms with Crippen LogP contribution in [0.4, 0.5) is 0 Å². The maximum Gasteiger partial charge on any atom is 0.241 e. The van der Waals surface area contributed by atoms with Crippen molar-refractivity contribution in [2.45, 2.75) is 13.3 Å². The fraction of sp³-hybridized carbons (Fsp3) is 0.625. The van der Waals surface area contributed by atoms with Crippen LogP contribution in [0.15, 0.2) is 12.2 Å². The van der Waals surface area contributed by atoms with E-state index in [0.717, 1.165) is 12.0 Å². The number of hydrazine groups is 2. The molecule has 0 bridgehead atoms. The second-order valence-electron chi connectivity index (χ2n) is 3.75. The topological polar surface area (TPSA) is 58.4 Å². The molecule has 0 aromatic carbocycles. The quantitative estimate of drug-likeness (QED) is 0.340. The zero-order valence-corrected chi connectivity index (χ0v) is 7.13. The maximum absolute atomic E-state index is 11.4. The summed E-state index contributed by atoms with van der Waals surface area (Å²) >= 11 is 0. The Balaban J connectivity index is 2.20. The van der Waals surface area contributed by atoms with Gasteiger partial charge >= 0.3 is 0 Å². The van der Waals surface area contributed by atoms with Gasteiger partial charge in [0.25, 0.3) is 0 Å². The first-order valence-electron chi connectivity index (χ1n) is 4.05. The third-order valence-corrected chi connectivity index (χ3v) is 3.09. The first kappa shape index (κ1) is 7.76. The standard InChI is InChI=1S/C8H13N3O/c1-5(2)8-3-6(8)7(12)11(4-8)10-9/h6,10H,1,3-4,9H2,2H3. The van der Waals surface area contributed by atoms with Crippen LogP contribution in [0.1, 0.15) is 13.3 Å². The van der Waals surface area contributed by atoms with Crippen LogP contribution in [0.3, 0.4) is 0 Å². The number of hydrogen-bond acceptors (Lipinski definition) is 3. The molecule has 2 fully saturated rings. The van der Waals surface area contributed by atoms with Gasteiger partial charge < -0.3 is 0 Å². The van der Waals surface area contributed by atoms with Crippen molar-refractivity contribution < 1.29 is 4.79 Å². The molecule has 1 amide bonds. The lowest BCUT2D eigenvalue weighted by Gasteiger charge is -2.18. The Kier molecular flexibility index (Phi) is 1.35. The summed E-state index contributed by atoms with van der Waals surface area (Å²) in [7, 11) is 0. The molecule has 4 heteroatoms. The van der Waals surface area contributed by atoms with E-state index in [-0.39, 0.29) is 17.2 Å². The maximum atomic E-state index is 11.4. The molecule has 66 valence electrons. The highest BCUT2D eigenvalue weighted by molar-refractivity contribution is 5.86. The number of rotatable bonds is 2. The van der Waals surface area contributed by atoms with Gasteiger partial charge in [0, 0.05) is 12.0 Å². The van der Waals surface area contributed by atoms with Crippen LogP contribution in [-0.4, -0.2) is 17.5 Å². The number of fused-ring (bicyclic) bond motifs is 1. The summed E-state index contributed by atoms with van der Waals surface area (Å²) in [5, 5.41) is 1.48. The lowest BCUT2D eigenvalue weighted by atomic mass is 9.98. The minimum Gasteiger partial charge on any atom is -0.273 e. The number of nitrogens with zero attached hydrogens (tertiary/aromatic N) is 1. The van der Waals surface area contributed by atoms with Crippen LogP contribution < -0.4 is 11.4 Å². The van der Waals surface area contributed by atoms with Crippen molar-refractivity contribution >= 4 is 5.91 Å². The van der Waals surface area contributed by atoms with Crippen molar-refractivity contribution in [2.24, 2.45) is 17.2 Å². The molecule has 0 aromatic rings. The molecule has 2 atom stereocenters. The Hall–Kier alpha value is -0.870. The Labute approximate surface area is 71.3 Å². The Morgan fingerprint density at radius 3 is 2.92 bits per heavy atom. The minimum absolute atomic E-state index is 0.0451. The van der Waals surface area contributed by atoms with Gasteiger partial charge in [-0.15, -0.1) is 0 Å². The molecule has 2 aliphatic rings.